The van der Waals surface area contributed by atoms with E-state index in [0.717, 1.165) is 25.1 Å². The molecule has 1 aliphatic heterocycles. The number of aryl methyl sites for hydroxylation is 1. The molecule has 1 amide bonds. The Kier molecular flexibility index (Phi) is 3.68. The van der Waals surface area contributed by atoms with Crippen LogP contribution in [-0.2, 0) is 6.42 Å². The van der Waals surface area contributed by atoms with Gasteiger partial charge in [-0.2, -0.15) is 0 Å². The van der Waals surface area contributed by atoms with Gasteiger partial charge in [-0.25, -0.2) is 0 Å². The Morgan fingerprint density at radius 1 is 1.05 bits per heavy atom. The van der Waals surface area contributed by atoms with Crippen LogP contribution in [0.4, 0.5) is 5.69 Å². The summed E-state index contributed by atoms with van der Waals surface area (Å²) >= 11 is 12.0. The van der Waals surface area contributed by atoms with Gasteiger partial charge in [-0.05, 0) is 42.7 Å². The van der Waals surface area contributed by atoms with Crippen molar-refractivity contribution in [3.63, 3.8) is 0 Å². The molecule has 102 valence electrons. The second-order valence-corrected chi connectivity index (χ2v) is 5.72. The van der Waals surface area contributed by atoms with Gasteiger partial charge in [0.2, 0.25) is 0 Å². The number of amides is 1. The quantitative estimate of drug-likeness (QED) is 0.755. The van der Waals surface area contributed by atoms with E-state index in [1.165, 1.54) is 5.56 Å². The van der Waals surface area contributed by atoms with Crippen LogP contribution in [-0.4, -0.2) is 12.5 Å². The van der Waals surface area contributed by atoms with Crippen molar-refractivity contribution in [3.05, 3.63) is 63.6 Å². The van der Waals surface area contributed by atoms with Crippen molar-refractivity contribution < 1.29 is 4.79 Å². The second-order valence-electron chi connectivity index (χ2n) is 4.85. The first-order chi connectivity index (χ1) is 9.65. The molecule has 0 spiro atoms. The predicted octanol–water partition coefficient (Wildman–Crippen LogP) is 4.59. The SMILES string of the molecule is O=C(c1cc(Cl)cc(Cl)c1)N1CCCc2ccccc21. The van der Waals surface area contributed by atoms with E-state index in [0.29, 0.717) is 15.6 Å². The van der Waals surface area contributed by atoms with E-state index in [1.54, 1.807) is 23.1 Å². The van der Waals surface area contributed by atoms with Crippen molar-refractivity contribution in [1.29, 1.82) is 0 Å². The number of halogens is 2. The highest BCUT2D eigenvalue weighted by atomic mass is 35.5. The number of rotatable bonds is 1. The molecular formula is C16H13Cl2NO. The van der Waals surface area contributed by atoms with Crippen LogP contribution in [0.5, 0.6) is 0 Å². The highest BCUT2D eigenvalue weighted by Gasteiger charge is 2.23. The minimum absolute atomic E-state index is 0.0541. The monoisotopic (exact) mass is 305 g/mol. The second kappa shape index (κ2) is 5.47. The van der Waals surface area contributed by atoms with Crippen LogP contribution < -0.4 is 4.90 Å². The van der Waals surface area contributed by atoms with E-state index in [-0.39, 0.29) is 5.91 Å². The van der Waals surface area contributed by atoms with E-state index >= 15 is 0 Å². The minimum atomic E-state index is -0.0541. The van der Waals surface area contributed by atoms with Crippen LogP contribution in [0.2, 0.25) is 10.0 Å². The lowest BCUT2D eigenvalue weighted by atomic mass is 10.0. The number of carbonyl (C=O) groups excluding carboxylic acids is 1. The van der Waals surface area contributed by atoms with E-state index in [9.17, 15) is 4.79 Å². The fourth-order valence-corrected chi connectivity index (χ4v) is 3.10. The van der Waals surface area contributed by atoms with Gasteiger partial charge < -0.3 is 4.90 Å². The number of hydrogen-bond acceptors (Lipinski definition) is 1. The molecule has 1 heterocycles. The molecule has 20 heavy (non-hydrogen) atoms. The first kappa shape index (κ1) is 13.5. The van der Waals surface area contributed by atoms with Crippen LogP contribution in [0.15, 0.2) is 42.5 Å². The molecule has 0 N–H and O–H groups in total. The van der Waals surface area contributed by atoms with E-state index in [4.69, 9.17) is 23.2 Å². The Balaban J connectivity index is 1.99. The smallest absolute Gasteiger partial charge is 0.258 e. The molecule has 2 nitrogen and oxygen atoms in total. The van der Waals surface area contributed by atoms with Crippen molar-refractivity contribution in [1.82, 2.24) is 0 Å². The Morgan fingerprint density at radius 2 is 1.75 bits per heavy atom. The van der Waals surface area contributed by atoms with Crippen LogP contribution in [0.1, 0.15) is 22.3 Å². The van der Waals surface area contributed by atoms with Gasteiger partial charge in [-0.1, -0.05) is 41.4 Å². The zero-order valence-corrected chi connectivity index (χ0v) is 12.3. The average Bonchev–Trinajstić information content (AvgIpc) is 2.45. The van der Waals surface area contributed by atoms with Gasteiger partial charge in [0, 0.05) is 27.8 Å². The van der Waals surface area contributed by atoms with Gasteiger partial charge in [0.25, 0.3) is 5.91 Å². The number of hydrogen-bond donors (Lipinski definition) is 0. The Hall–Kier alpha value is -1.51. The number of carbonyl (C=O) groups is 1. The maximum Gasteiger partial charge on any atom is 0.258 e. The summed E-state index contributed by atoms with van der Waals surface area (Å²) < 4.78 is 0. The molecular weight excluding hydrogens is 293 g/mol. The number of anilines is 1. The van der Waals surface area contributed by atoms with Crippen molar-refractivity contribution in [2.45, 2.75) is 12.8 Å². The van der Waals surface area contributed by atoms with Crippen molar-refractivity contribution >= 4 is 34.8 Å². The van der Waals surface area contributed by atoms with Crippen molar-refractivity contribution in [2.24, 2.45) is 0 Å². The molecule has 0 saturated heterocycles. The fraction of sp³-hybridized carbons (Fsp3) is 0.188. The lowest BCUT2D eigenvalue weighted by Crippen LogP contribution is -2.35. The van der Waals surface area contributed by atoms with Gasteiger partial charge in [0.1, 0.15) is 0 Å². The summed E-state index contributed by atoms with van der Waals surface area (Å²) in [6.07, 6.45) is 1.98. The summed E-state index contributed by atoms with van der Waals surface area (Å²) in [5.74, 6) is -0.0541. The molecule has 4 heteroatoms. The molecule has 0 radical (unpaired) electrons. The van der Waals surface area contributed by atoms with Gasteiger partial charge in [0.05, 0.1) is 0 Å². The fourth-order valence-electron chi connectivity index (χ4n) is 2.58. The summed E-state index contributed by atoms with van der Waals surface area (Å²) in [7, 11) is 0. The lowest BCUT2D eigenvalue weighted by Gasteiger charge is -2.29. The Labute approximate surface area is 127 Å². The van der Waals surface area contributed by atoms with E-state index < -0.39 is 0 Å². The molecule has 0 aliphatic carbocycles. The van der Waals surface area contributed by atoms with Gasteiger partial charge in [-0.15, -0.1) is 0 Å². The highest BCUT2D eigenvalue weighted by Crippen LogP contribution is 2.29. The predicted molar refractivity (Wildman–Crippen MR) is 82.9 cm³/mol. The number of nitrogens with zero attached hydrogens (tertiary/aromatic N) is 1. The first-order valence-electron chi connectivity index (χ1n) is 6.51. The zero-order chi connectivity index (χ0) is 14.1. The standard InChI is InChI=1S/C16H13Cl2NO/c17-13-8-12(9-14(18)10-13)16(20)19-7-3-5-11-4-1-2-6-15(11)19/h1-2,4,6,8-10H,3,5,7H2. The van der Waals surface area contributed by atoms with Crippen LogP contribution >= 0.6 is 23.2 Å². The molecule has 0 bridgehead atoms. The van der Waals surface area contributed by atoms with E-state index in [2.05, 4.69) is 6.07 Å². The molecule has 0 saturated carbocycles. The normalized spacial score (nSPS) is 14.0. The topological polar surface area (TPSA) is 20.3 Å². The largest absolute Gasteiger partial charge is 0.308 e. The van der Waals surface area contributed by atoms with Crippen molar-refractivity contribution in [2.75, 3.05) is 11.4 Å². The number of fused-ring (bicyclic) bond motifs is 1. The van der Waals surface area contributed by atoms with Gasteiger partial charge in [-0.3, -0.25) is 4.79 Å². The third-order valence-corrected chi connectivity index (χ3v) is 3.90. The summed E-state index contributed by atoms with van der Waals surface area (Å²) in [6, 6.07) is 13.0. The molecule has 0 unspecified atom stereocenters. The molecule has 2 aromatic rings. The van der Waals surface area contributed by atoms with Gasteiger partial charge >= 0.3 is 0 Å². The first-order valence-corrected chi connectivity index (χ1v) is 7.26. The lowest BCUT2D eigenvalue weighted by molar-refractivity contribution is 0.0985. The number of benzene rings is 2. The summed E-state index contributed by atoms with van der Waals surface area (Å²) in [5.41, 5.74) is 2.72. The van der Waals surface area contributed by atoms with Crippen molar-refractivity contribution in [3.8, 4) is 0 Å². The molecule has 3 rings (SSSR count). The minimum Gasteiger partial charge on any atom is -0.308 e. The summed E-state index contributed by atoms with van der Waals surface area (Å²) in [5, 5.41) is 0.956. The molecule has 1 aliphatic rings. The maximum atomic E-state index is 12.7. The molecule has 2 aromatic carbocycles. The van der Waals surface area contributed by atoms with E-state index in [1.807, 2.05) is 18.2 Å². The molecule has 0 atom stereocenters. The van der Waals surface area contributed by atoms with Gasteiger partial charge in [0.15, 0.2) is 0 Å². The third kappa shape index (κ3) is 2.54. The maximum absolute atomic E-state index is 12.7. The molecule has 0 fully saturated rings. The average molecular weight is 306 g/mol. The summed E-state index contributed by atoms with van der Waals surface area (Å²) in [4.78, 5) is 14.5. The van der Waals surface area contributed by atoms with Crippen LogP contribution in [0.3, 0.4) is 0 Å². The highest BCUT2D eigenvalue weighted by molar-refractivity contribution is 6.35. The Morgan fingerprint density at radius 3 is 2.50 bits per heavy atom. The summed E-state index contributed by atoms with van der Waals surface area (Å²) in [6.45, 7) is 0.722. The number of para-hydroxylation sites is 1. The zero-order valence-electron chi connectivity index (χ0n) is 10.8. The van der Waals surface area contributed by atoms with Crippen LogP contribution in [0, 0.1) is 0 Å². The molecule has 0 aromatic heterocycles. The third-order valence-electron chi connectivity index (χ3n) is 3.46. The Bertz CT molecular complexity index is 649. The van der Waals surface area contributed by atoms with Crippen LogP contribution in [0.25, 0.3) is 0 Å².